The summed E-state index contributed by atoms with van der Waals surface area (Å²) < 4.78 is 0. The van der Waals surface area contributed by atoms with E-state index in [-0.39, 0.29) is 5.91 Å². The van der Waals surface area contributed by atoms with E-state index in [1.807, 2.05) is 12.1 Å². The SMILES string of the molecule is C=CCCCCCC[C@H](NC(=O)c1ccc(C#N)cc1)C(N)=O. The molecular formula is C18H23N3O2. The van der Waals surface area contributed by atoms with E-state index in [4.69, 9.17) is 11.0 Å². The number of nitrogens with one attached hydrogen (secondary N) is 1. The van der Waals surface area contributed by atoms with Crippen LogP contribution in [0.5, 0.6) is 0 Å². The largest absolute Gasteiger partial charge is 0.368 e. The first-order valence-electron chi connectivity index (χ1n) is 7.79. The maximum absolute atomic E-state index is 12.1. The molecule has 0 spiro atoms. The number of hydrogen-bond donors (Lipinski definition) is 2. The van der Waals surface area contributed by atoms with Gasteiger partial charge in [0, 0.05) is 5.56 Å². The van der Waals surface area contributed by atoms with Crippen LogP contribution in [0.25, 0.3) is 0 Å². The fourth-order valence-corrected chi connectivity index (χ4v) is 2.21. The third-order valence-corrected chi connectivity index (χ3v) is 3.58. The molecule has 0 saturated heterocycles. The average Bonchev–Trinajstić information content (AvgIpc) is 2.56. The van der Waals surface area contributed by atoms with Crippen molar-refractivity contribution in [2.24, 2.45) is 5.73 Å². The Morgan fingerprint density at radius 3 is 2.43 bits per heavy atom. The topological polar surface area (TPSA) is 96.0 Å². The summed E-state index contributed by atoms with van der Waals surface area (Å²) in [5.41, 5.74) is 6.24. The number of carbonyl (C=O) groups is 2. The van der Waals surface area contributed by atoms with Crippen molar-refractivity contribution in [3.63, 3.8) is 0 Å². The number of nitriles is 1. The Bertz CT molecular complexity index is 573. The van der Waals surface area contributed by atoms with E-state index < -0.39 is 11.9 Å². The van der Waals surface area contributed by atoms with E-state index in [9.17, 15) is 9.59 Å². The lowest BCUT2D eigenvalue weighted by Crippen LogP contribution is -2.44. The normalized spacial score (nSPS) is 11.3. The molecule has 122 valence electrons. The van der Waals surface area contributed by atoms with Crippen molar-refractivity contribution < 1.29 is 9.59 Å². The highest BCUT2D eigenvalue weighted by atomic mass is 16.2. The van der Waals surface area contributed by atoms with Crippen LogP contribution < -0.4 is 11.1 Å². The van der Waals surface area contributed by atoms with Crippen LogP contribution >= 0.6 is 0 Å². The molecular weight excluding hydrogens is 290 g/mol. The fraction of sp³-hybridized carbons (Fsp3) is 0.389. The third kappa shape index (κ3) is 6.79. The Balaban J connectivity index is 2.48. The quantitative estimate of drug-likeness (QED) is 0.513. The monoisotopic (exact) mass is 313 g/mol. The summed E-state index contributed by atoms with van der Waals surface area (Å²) in [6.07, 6.45) is 7.40. The number of unbranched alkanes of at least 4 members (excludes halogenated alkanes) is 4. The molecule has 0 radical (unpaired) electrons. The molecule has 3 N–H and O–H groups in total. The van der Waals surface area contributed by atoms with Crippen LogP contribution in [-0.2, 0) is 4.79 Å². The van der Waals surface area contributed by atoms with Gasteiger partial charge in [-0.3, -0.25) is 9.59 Å². The molecule has 1 rings (SSSR count). The predicted molar refractivity (Wildman–Crippen MR) is 89.5 cm³/mol. The maximum atomic E-state index is 12.1. The molecule has 0 unspecified atom stereocenters. The lowest BCUT2D eigenvalue weighted by atomic mass is 10.0. The molecule has 0 aromatic heterocycles. The van der Waals surface area contributed by atoms with E-state index >= 15 is 0 Å². The van der Waals surface area contributed by atoms with Crippen LogP contribution in [0.15, 0.2) is 36.9 Å². The maximum Gasteiger partial charge on any atom is 0.251 e. The minimum absolute atomic E-state index is 0.357. The Hall–Kier alpha value is -2.61. The van der Waals surface area contributed by atoms with Gasteiger partial charge in [0.2, 0.25) is 5.91 Å². The third-order valence-electron chi connectivity index (χ3n) is 3.58. The van der Waals surface area contributed by atoms with E-state index in [1.54, 1.807) is 24.3 Å². The number of nitrogens with two attached hydrogens (primary N) is 1. The predicted octanol–water partition coefficient (Wildman–Crippen LogP) is 2.67. The number of rotatable bonds is 10. The van der Waals surface area contributed by atoms with Gasteiger partial charge in [-0.25, -0.2) is 0 Å². The molecule has 2 amide bonds. The van der Waals surface area contributed by atoms with E-state index in [2.05, 4.69) is 11.9 Å². The van der Waals surface area contributed by atoms with Gasteiger partial charge in [-0.15, -0.1) is 6.58 Å². The average molecular weight is 313 g/mol. The van der Waals surface area contributed by atoms with Gasteiger partial charge in [0.05, 0.1) is 11.6 Å². The summed E-state index contributed by atoms with van der Waals surface area (Å²) in [7, 11) is 0. The first-order chi connectivity index (χ1) is 11.1. The molecule has 23 heavy (non-hydrogen) atoms. The van der Waals surface area contributed by atoms with Crippen LogP contribution in [0, 0.1) is 11.3 Å². The van der Waals surface area contributed by atoms with Crippen molar-refractivity contribution in [3.8, 4) is 6.07 Å². The van der Waals surface area contributed by atoms with Gasteiger partial charge in [0.15, 0.2) is 0 Å². The van der Waals surface area contributed by atoms with Gasteiger partial charge in [-0.2, -0.15) is 5.26 Å². The second kappa shape index (κ2) is 10.2. The van der Waals surface area contributed by atoms with Crippen molar-refractivity contribution in [3.05, 3.63) is 48.0 Å². The zero-order valence-electron chi connectivity index (χ0n) is 13.3. The summed E-state index contributed by atoms with van der Waals surface area (Å²) in [6.45, 7) is 3.68. The smallest absolute Gasteiger partial charge is 0.251 e. The van der Waals surface area contributed by atoms with Gasteiger partial charge in [-0.05, 0) is 43.5 Å². The Kier molecular flexibility index (Phi) is 8.16. The van der Waals surface area contributed by atoms with Crippen LogP contribution in [-0.4, -0.2) is 17.9 Å². The van der Waals surface area contributed by atoms with Crippen LogP contribution in [0.1, 0.15) is 54.4 Å². The molecule has 0 aliphatic heterocycles. The highest BCUT2D eigenvalue weighted by Gasteiger charge is 2.18. The fourth-order valence-electron chi connectivity index (χ4n) is 2.21. The molecule has 0 bridgehead atoms. The molecule has 1 atom stereocenters. The number of primary amides is 1. The molecule has 1 aromatic rings. The molecule has 5 nitrogen and oxygen atoms in total. The summed E-state index contributed by atoms with van der Waals surface area (Å²) in [4.78, 5) is 23.6. The highest BCUT2D eigenvalue weighted by molar-refractivity contribution is 5.97. The molecule has 1 aromatic carbocycles. The molecule has 0 fully saturated rings. The second-order valence-electron chi connectivity index (χ2n) is 5.40. The van der Waals surface area contributed by atoms with Gasteiger partial charge < -0.3 is 11.1 Å². The van der Waals surface area contributed by atoms with Gasteiger partial charge in [-0.1, -0.05) is 25.3 Å². The standard InChI is InChI=1S/C18H23N3O2/c1-2-3-4-5-6-7-8-16(17(20)22)21-18(23)15-11-9-14(13-19)10-12-15/h2,9-12,16H,1,3-8H2,(H2,20,22)(H,21,23)/t16-/m0/s1. The summed E-state index contributed by atoms with van der Waals surface area (Å²) >= 11 is 0. The summed E-state index contributed by atoms with van der Waals surface area (Å²) in [5, 5.41) is 11.4. The minimum atomic E-state index is -0.669. The van der Waals surface area contributed by atoms with Crippen LogP contribution in [0.3, 0.4) is 0 Å². The van der Waals surface area contributed by atoms with Crippen molar-refractivity contribution in [1.29, 1.82) is 5.26 Å². The molecule has 5 heteroatoms. The lowest BCUT2D eigenvalue weighted by Gasteiger charge is -2.15. The van der Waals surface area contributed by atoms with Gasteiger partial charge in [0.25, 0.3) is 5.91 Å². The molecule has 0 heterocycles. The zero-order valence-corrected chi connectivity index (χ0v) is 13.3. The summed E-state index contributed by atoms with van der Waals surface area (Å²) in [5.74, 6) is -0.886. The van der Waals surface area contributed by atoms with E-state index in [0.29, 0.717) is 17.5 Å². The Morgan fingerprint density at radius 2 is 1.87 bits per heavy atom. The second-order valence-corrected chi connectivity index (χ2v) is 5.40. The lowest BCUT2D eigenvalue weighted by molar-refractivity contribution is -0.120. The Labute approximate surface area is 137 Å². The zero-order chi connectivity index (χ0) is 17.1. The van der Waals surface area contributed by atoms with Crippen LogP contribution in [0.2, 0.25) is 0 Å². The van der Waals surface area contributed by atoms with Crippen LogP contribution in [0.4, 0.5) is 0 Å². The van der Waals surface area contributed by atoms with Crippen molar-refractivity contribution in [2.45, 2.75) is 44.6 Å². The minimum Gasteiger partial charge on any atom is -0.368 e. The molecule has 0 aliphatic carbocycles. The summed E-state index contributed by atoms with van der Waals surface area (Å²) in [6, 6.07) is 7.56. The number of allylic oxidation sites excluding steroid dienone is 1. The van der Waals surface area contributed by atoms with Crippen molar-refractivity contribution in [1.82, 2.24) is 5.32 Å². The van der Waals surface area contributed by atoms with Gasteiger partial charge in [0.1, 0.15) is 6.04 Å². The first-order valence-corrected chi connectivity index (χ1v) is 7.79. The van der Waals surface area contributed by atoms with E-state index in [0.717, 1.165) is 32.1 Å². The number of benzene rings is 1. The first kappa shape index (κ1) is 18.4. The van der Waals surface area contributed by atoms with E-state index in [1.165, 1.54) is 0 Å². The van der Waals surface area contributed by atoms with Crippen molar-refractivity contribution >= 4 is 11.8 Å². The number of hydrogen-bond acceptors (Lipinski definition) is 3. The van der Waals surface area contributed by atoms with Gasteiger partial charge >= 0.3 is 0 Å². The number of carbonyl (C=O) groups excluding carboxylic acids is 2. The molecule has 0 aliphatic rings. The number of amides is 2. The number of nitrogens with zero attached hydrogens (tertiary/aromatic N) is 1. The molecule has 0 saturated carbocycles. The van der Waals surface area contributed by atoms with Crippen molar-refractivity contribution in [2.75, 3.05) is 0 Å². The highest BCUT2D eigenvalue weighted by Crippen LogP contribution is 2.09. The Morgan fingerprint density at radius 1 is 1.22 bits per heavy atom.